The summed E-state index contributed by atoms with van der Waals surface area (Å²) in [6, 6.07) is 0.480. The van der Waals surface area contributed by atoms with E-state index in [1.54, 1.807) is 0 Å². The van der Waals surface area contributed by atoms with Crippen LogP contribution >= 0.6 is 7.58 Å². The van der Waals surface area contributed by atoms with Gasteiger partial charge in [-0.05, 0) is 6.04 Å². The Balaban J connectivity index is 3.88. The first-order chi connectivity index (χ1) is 6.10. The first-order valence-corrected chi connectivity index (χ1v) is 6.86. The highest BCUT2D eigenvalue weighted by molar-refractivity contribution is 7.70. The fourth-order valence-corrected chi connectivity index (χ4v) is 2.34. The summed E-state index contributed by atoms with van der Waals surface area (Å²) in [6.07, 6.45) is 0.401. The predicted octanol–water partition coefficient (Wildman–Crippen LogP) is 0.110. The molecule has 0 aliphatic rings. The summed E-state index contributed by atoms with van der Waals surface area (Å²) in [5, 5.41) is 0. The topological polar surface area (TPSA) is 67.8 Å². The highest BCUT2D eigenvalue weighted by Crippen LogP contribution is 2.21. The van der Waals surface area contributed by atoms with Crippen LogP contribution in [-0.2, 0) is 18.8 Å². The second-order valence-electron chi connectivity index (χ2n) is 2.21. The van der Waals surface area contributed by atoms with Crippen molar-refractivity contribution >= 4 is 16.8 Å². The average Bonchev–Trinajstić information content (AvgIpc) is 2.13. The first-order valence-electron chi connectivity index (χ1n) is 3.63. The van der Waals surface area contributed by atoms with E-state index in [1.807, 2.05) is 0 Å². The van der Waals surface area contributed by atoms with Crippen molar-refractivity contribution in [2.75, 3.05) is 21.3 Å². The lowest BCUT2D eigenvalue weighted by Gasteiger charge is -2.27. The predicted molar refractivity (Wildman–Crippen MR) is 46.5 cm³/mol. The Morgan fingerprint density at radius 3 is 2.08 bits per heavy atom. The summed E-state index contributed by atoms with van der Waals surface area (Å²) in [5.74, 6) is -1.10. The van der Waals surface area contributed by atoms with Crippen LogP contribution in [0.3, 0.4) is 0 Å². The minimum atomic E-state index is -2.31. The van der Waals surface area contributed by atoms with E-state index >= 15 is 0 Å². The molecule has 0 rings (SSSR count). The van der Waals surface area contributed by atoms with Crippen molar-refractivity contribution in [1.82, 2.24) is 0 Å². The van der Waals surface area contributed by atoms with Gasteiger partial charge in [0.25, 0.3) is 5.97 Å². The molecule has 2 radical (unpaired) electrons. The van der Waals surface area contributed by atoms with E-state index in [2.05, 4.69) is 0 Å². The van der Waals surface area contributed by atoms with Gasteiger partial charge in [0.15, 0.2) is 0 Å². The molecule has 0 aromatic rings. The van der Waals surface area contributed by atoms with Crippen molar-refractivity contribution in [3.8, 4) is 0 Å². The van der Waals surface area contributed by atoms with Gasteiger partial charge in [-0.2, -0.15) is 0 Å². The maximum Gasteiger partial charge on any atom is 0.419 e. The Kier molecular flexibility index (Phi) is 6.67. The van der Waals surface area contributed by atoms with Crippen molar-refractivity contribution in [3.63, 3.8) is 0 Å². The van der Waals surface area contributed by atoms with Crippen molar-refractivity contribution in [3.05, 3.63) is 0 Å². The van der Waals surface area contributed by atoms with Crippen LogP contribution in [-0.4, -0.2) is 36.5 Å². The van der Waals surface area contributed by atoms with E-state index in [0.29, 0.717) is 12.5 Å². The second kappa shape index (κ2) is 6.59. The van der Waals surface area contributed by atoms with Crippen LogP contribution in [0.4, 0.5) is 0 Å². The van der Waals surface area contributed by atoms with Crippen molar-refractivity contribution in [1.29, 1.82) is 0 Å². The highest BCUT2D eigenvalue weighted by Gasteiger charge is 2.30. The summed E-state index contributed by atoms with van der Waals surface area (Å²) in [7, 11) is 1.93. The van der Waals surface area contributed by atoms with Gasteiger partial charge in [-0.1, -0.05) is 4.57 Å². The molecule has 0 aromatic heterocycles. The number of methoxy groups -OCH3 is 3. The van der Waals surface area contributed by atoms with Gasteiger partial charge < -0.3 is 19.1 Å². The van der Waals surface area contributed by atoms with E-state index < -0.39 is 13.5 Å². The standard InChI is InChI=1S/C6H13O5PSi/c1-9-6(10-2,11-3)4-5-13-12(7)8/h4-5H2,1-3H3. The fraction of sp³-hybridized carbons (Fsp3) is 1.00. The summed E-state index contributed by atoms with van der Waals surface area (Å²) in [5.41, 5.74) is 0. The van der Waals surface area contributed by atoms with E-state index in [1.165, 1.54) is 21.3 Å². The van der Waals surface area contributed by atoms with E-state index in [0.717, 1.165) is 0 Å². The molecule has 0 aliphatic heterocycles. The van der Waals surface area contributed by atoms with Crippen molar-refractivity contribution in [2.24, 2.45) is 0 Å². The molecule has 0 spiro atoms. The Morgan fingerprint density at radius 2 is 1.77 bits per heavy atom. The molecule has 0 saturated carbocycles. The van der Waals surface area contributed by atoms with Crippen LogP contribution < -0.4 is 4.89 Å². The van der Waals surface area contributed by atoms with Gasteiger partial charge in [0.05, 0.1) is 0 Å². The second-order valence-corrected chi connectivity index (χ2v) is 5.59. The number of hydrogen-bond donors (Lipinski definition) is 0. The van der Waals surface area contributed by atoms with Gasteiger partial charge in [0.2, 0.25) is 7.58 Å². The Morgan fingerprint density at radius 1 is 1.31 bits per heavy atom. The number of rotatable bonds is 7. The van der Waals surface area contributed by atoms with Gasteiger partial charge in [0, 0.05) is 27.8 Å². The van der Waals surface area contributed by atoms with Gasteiger partial charge in [0.1, 0.15) is 0 Å². The molecule has 1 atom stereocenters. The van der Waals surface area contributed by atoms with Crippen LogP contribution in [0.1, 0.15) is 6.42 Å². The number of hydrogen-bond acceptors (Lipinski definition) is 5. The third-order valence-corrected chi connectivity index (χ3v) is 3.78. The summed E-state index contributed by atoms with van der Waals surface area (Å²) in [4.78, 5) is 10.3. The Bertz CT molecular complexity index is 153. The smallest absolute Gasteiger partial charge is 0.419 e. The lowest BCUT2D eigenvalue weighted by atomic mass is 10.4. The lowest BCUT2D eigenvalue weighted by molar-refractivity contribution is -0.352. The van der Waals surface area contributed by atoms with E-state index in [-0.39, 0.29) is 9.19 Å². The van der Waals surface area contributed by atoms with E-state index in [9.17, 15) is 9.46 Å². The fourth-order valence-electron chi connectivity index (χ4n) is 0.856. The zero-order chi connectivity index (χ0) is 10.3. The molecule has 0 heterocycles. The largest absolute Gasteiger partial charge is 0.610 e. The zero-order valence-electron chi connectivity index (χ0n) is 7.90. The van der Waals surface area contributed by atoms with Crippen LogP contribution in [0.25, 0.3) is 0 Å². The highest BCUT2D eigenvalue weighted by atomic mass is 31.4. The third-order valence-electron chi connectivity index (χ3n) is 1.61. The molecule has 13 heavy (non-hydrogen) atoms. The first kappa shape index (κ1) is 13.2. The molecule has 0 aliphatic carbocycles. The molecule has 0 amide bonds. The lowest BCUT2D eigenvalue weighted by Crippen LogP contribution is -2.36. The normalized spacial score (nSPS) is 13.1. The molecular weight excluding hydrogens is 211 g/mol. The molecule has 1 unspecified atom stereocenters. The number of ether oxygens (including phenoxy) is 3. The summed E-state index contributed by atoms with van der Waals surface area (Å²) in [6.45, 7) is 0. The molecule has 0 fully saturated rings. The SMILES string of the molecule is COC(CC[Si][P+](=O)[O-])(OC)OC. The minimum Gasteiger partial charge on any atom is -0.610 e. The third kappa shape index (κ3) is 4.80. The van der Waals surface area contributed by atoms with Gasteiger partial charge in [-0.25, -0.2) is 0 Å². The van der Waals surface area contributed by atoms with Crippen LogP contribution in [0.2, 0.25) is 6.04 Å². The maximum atomic E-state index is 10.3. The molecule has 0 aromatic carbocycles. The zero-order valence-corrected chi connectivity index (χ0v) is 9.80. The molecule has 76 valence electrons. The van der Waals surface area contributed by atoms with Crippen molar-refractivity contribution in [2.45, 2.75) is 18.4 Å². The van der Waals surface area contributed by atoms with Crippen molar-refractivity contribution < 1.29 is 23.7 Å². The summed E-state index contributed by atoms with van der Waals surface area (Å²) >= 11 is 0. The Hall–Kier alpha value is 0.157. The van der Waals surface area contributed by atoms with Crippen LogP contribution in [0.15, 0.2) is 0 Å². The van der Waals surface area contributed by atoms with Gasteiger partial charge in [-0.15, -0.1) is 0 Å². The molecular formula is C6H13O5PSi. The monoisotopic (exact) mass is 224 g/mol. The van der Waals surface area contributed by atoms with Gasteiger partial charge >= 0.3 is 9.19 Å². The molecule has 7 heteroatoms. The quantitative estimate of drug-likeness (QED) is 0.349. The average molecular weight is 224 g/mol. The maximum absolute atomic E-state index is 10.3. The van der Waals surface area contributed by atoms with Crippen LogP contribution in [0, 0.1) is 0 Å². The summed E-state index contributed by atoms with van der Waals surface area (Å²) < 4.78 is 25.2. The van der Waals surface area contributed by atoms with E-state index in [4.69, 9.17) is 14.2 Å². The Labute approximate surface area is 80.9 Å². The van der Waals surface area contributed by atoms with Crippen LogP contribution in [0.5, 0.6) is 0 Å². The molecule has 0 bridgehead atoms. The molecule has 0 N–H and O–H groups in total. The molecule has 0 saturated heterocycles. The molecule has 5 nitrogen and oxygen atoms in total. The minimum absolute atomic E-state index is 0.115. The van der Waals surface area contributed by atoms with Gasteiger partial charge in [-0.3, -0.25) is 0 Å².